The number of aliphatic carboxylic acids is 1. The van der Waals surface area contributed by atoms with Gasteiger partial charge in [-0.05, 0) is 37.5 Å². The molecule has 6 nitrogen and oxygen atoms in total. The number of hydrogen-bond donors (Lipinski definition) is 1. The Morgan fingerprint density at radius 2 is 2.00 bits per heavy atom. The van der Waals surface area contributed by atoms with E-state index < -0.39 is 11.9 Å². The Morgan fingerprint density at radius 3 is 2.62 bits per heavy atom. The number of aromatic nitrogens is 2. The molecule has 1 aromatic carbocycles. The molecule has 1 aliphatic heterocycles. The maximum atomic E-state index is 12.7. The molecule has 0 saturated heterocycles. The highest BCUT2D eigenvalue weighted by Gasteiger charge is 2.36. The van der Waals surface area contributed by atoms with E-state index in [1.807, 2.05) is 43.8 Å². The molecule has 6 heteroatoms. The lowest BCUT2D eigenvalue weighted by atomic mass is 10.0. The molecule has 24 heavy (non-hydrogen) atoms. The van der Waals surface area contributed by atoms with E-state index in [-0.39, 0.29) is 12.5 Å². The van der Waals surface area contributed by atoms with Gasteiger partial charge in [-0.15, -0.1) is 0 Å². The van der Waals surface area contributed by atoms with Crippen LogP contribution in [0, 0.1) is 13.8 Å². The number of para-hydroxylation sites is 1. The van der Waals surface area contributed by atoms with Gasteiger partial charge in [0.05, 0.1) is 5.69 Å². The molecule has 0 spiro atoms. The van der Waals surface area contributed by atoms with Crippen LogP contribution < -0.4 is 4.90 Å². The number of anilines is 1. The number of hydrogen-bond acceptors (Lipinski definition) is 3. The number of benzene rings is 1. The maximum Gasteiger partial charge on any atom is 0.312 e. The first-order chi connectivity index (χ1) is 11.4. The van der Waals surface area contributed by atoms with Crippen molar-refractivity contribution in [1.29, 1.82) is 0 Å². The summed E-state index contributed by atoms with van der Waals surface area (Å²) in [6.45, 7) is 4.14. The second kappa shape index (κ2) is 6.11. The topological polar surface area (TPSA) is 75.4 Å². The second-order valence-electron chi connectivity index (χ2n) is 6.23. The zero-order valence-electron chi connectivity index (χ0n) is 14.1. The van der Waals surface area contributed by atoms with Gasteiger partial charge < -0.3 is 10.0 Å². The molecule has 1 N–H and O–H groups in total. The quantitative estimate of drug-likeness (QED) is 0.934. The van der Waals surface area contributed by atoms with Gasteiger partial charge in [-0.1, -0.05) is 18.2 Å². The Balaban J connectivity index is 1.78. The molecule has 3 rings (SSSR count). The van der Waals surface area contributed by atoms with Gasteiger partial charge >= 0.3 is 5.97 Å². The molecule has 0 bridgehead atoms. The molecule has 0 aliphatic carbocycles. The van der Waals surface area contributed by atoms with Gasteiger partial charge in [-0.2, -0.15) is 5.10 Å². The van der Waals surface area contributed by atoms with Crippen molar-refractivity contribution in [2.24, 2.45) is 7.05 Å². The minimum absolute atomic E-state index is 0.0474. The molecule has 1 aromatic heterocycles. The van der Waals surface area contributed by atoms with Crippen molar-refractivity contribution in [2.75, 3.05) is 11.4 Å². The summed E-state index contributed by atoms with van der Waals surface area (Å²) in [5.74, 6) is -1.59. The molecule has 0 fully saturated rings. The number of carbonyl (C=O) groups is 2. The van der Waals surface area contributed by atoms with Gasteiger partial charge in [-0.3, -0.25) is 14.3 Å². The normalized spacial score (nSPS) is 16.3. The molecule has 2 aromatic rings. The van der Waals surface area contributed by atoms with E-state index in [1.165, 1.54) is 0 Å². The summed E-state index contributed by atoms with van der Waals surface area (Å²) in [5, 5.41) is 13.8. The zero-order chi connectivity index (χ0) is 17.4. The predicted molar refractivity (Wildman–Crippen MR) is 90.2 cm³/mol. The van der Waals surface area contributed by atoms with Gasteiger partial charge in [0.25, 0.3) is 0 Å². The van der Waals surface area contributed by atoms with Crippen LogP contribution in [0.25, 0.3) is 0 Å². The first-order valence-corrected chi connectivity index (χ1v) is 8.01. The number of nitrogens with zero attached hydrogens (tertiary/aromatic N) is 3. The van der Waals surface area contributed by atoms with Crippen molar-refractivity contribution in [3.05, 3.63) is 46.8 Å². The highest BCUT2D eigenvalue weighted by atomic mass is 16.4. The molecule has 126 valence electrons. The SMILES string of the molecule is Cc1nn(C)c(C)c1CCC(=O)N1C[C@@H](C(=O)O)c2ccccc21. The molecular formula is C18H21N3O3. The number of carboxylic acids is 1. The first kappa shape index (κ1) is 16.2. The lowest BCUT2D eigenvalue weighted by molar-refractivity contribution is -0.138. The smallest absolute Gasteiger partial charge is 0.312 e. The van der Waals surface area contributed by atoms with Gasteiger partial charge in [0.1, 0.15) is 5.92 Å². The molecule has 1 atom stereocenters. The van der Waals surface area contributed by atoms with Crippen molar-refractivity contribution in [2.45, 2.75) is 32.6 Å². The van der Waals surface area contributed by atoms with Crippen LogP contribution in [0.1, 0.15) is 34.9 Å². The van der Waals surface area contributed by atoms with Crippen molar-refractivity contribution >= 4 is 17.6 Å². The largest absolute Gasteiger partial charge is 0.481 e. The van der Waals surface area contributed by atoms with Crippen molar-refractivity contribution in [3.8, 4) is 0 Å². The monoisotopic (exact) mass is 327 g/mol. The summed E-state index contributed by atoms with van der Waals surface area (Å²) in [4.78, 5) is 25.7. The van der Waals surface area contributed by atoms with Crippen molar-refractivity contribution < 1.29 is 14.7 Å². The van der Waals surface area contributed by atoms with Crippen LogP contribution in [0.2, 0.25) is 0 Å². The van der Waals surface area contributed by atoms with Crippen LogP contribution >= 0.6 is 0 Å². The first-order valence-electron chi connectivity index (χ1n) is 8.01. The molecule has 0 unspecified atom stereocenters. The summed E-state index contributed by atoms with van der Waals surface area (Å²) >= 11 is 0. The minimum atomic E-state index is -0.892. The Kier molecular flexibility index (Phi) is 4.13. The molecule has 1 amide bonds. The highest BCUT2D eigenvalue weighted by Crippen LogP contribution is 2.36. The Morgan fingerprint density at radius 1 is 1.29 bits per heavy atom. The highest BCUT2D eigenvalue weighted by molar-refractivity contribution is 5.99. The van der Waals surface area contributed by atoms with E-state index in [0.29, 0.717) is 18.4 Å². The number of carbonyl (C=O) groups excluding carboxylic acids is 1. The zero-order valence-corrected chi connectivity index (χ0v) is 14.1. The van der Waals surface area contributed by atoms with Gasteiger partial charge in [0, 0.05) is 31.4 Å². The van der Waals surface area contributed by atoms with E-state index >= 15 is 0 Å². The van der Waals surface area contributed by atoms with Crippen LogP contribution in [-0.2, 0) is 23.1 Å². The second-order valence-corrected chi connectivity index (χ2v) is 6.23. The Labute approximate surface area is 140 Å². The standard InChI is InChI=1S/C18H21N3O3/c1-11-13(12(2)20(3)19-11)8-9-17(22)21-10-15(18(23)24)14-6-4-5-7-16(14)21/h4-7,15H,8-10H2,1-3H3,(H,23,24)/t15-/m1/s1. The predicted octanol–water partition coefficient (Wildman–Crippen LogP) is 2.18. The average Bonchev–Trinajstić information content (AvgIpc) is 3.04. The Bertz CT molecular complexity index is 810. The molecule has 0 radical (unpaired) electrons. The third-order valence-electron chi connectivity index (χ3n) is 4.82. The maximum absolute atomic E-state index is 12.7. The summed E-state index contributed by atoms with van der Waals surface area (Å²) in [6, 6.07) is 7.25. The van der Waals surface area contributed by atoms with Crippen LogP contribution in [0.3, 0.4) is 0 Å². The average molecular weight is 327 g/mol. The van der Waals surface area contributed by atoms with Crippen LogP contribution in [-0.4, -0.2) is 33.3 Å². The molecule has 2 heterocycles. The van der Waals surface area contributed by atoms with Gasteiger partial charge in [0.15, 0.2) is 0 Å². The summed E-state index contributed by atoms with van der Waals surface area (Å²) < 4.78 is 1.82. The van der Waals surface area contributed by atoms with E-state index in [1.54, 1.807) is 11.0 Å². The van der Waals surface area contributed by atoms with E-state index in [0.717, 1.165) is 22.6 Å². The summed E-state index contributed by atoms with van der Waals surface area (Å²) in [5.41, 5.74) is 4.52. The fourth-order valence-electron chi connectivity index (χ4n) is 3.40. The molecular weight excluding hydrogens is 306 g/mol. The van der Waals surface area contributed by atoms with E-state index in [9.17, 15) is 14.7 Å². The molecule has 0 saturated carbocycles. The third-order valence-corrected chi connectivity index (χ3v) is 4.82. The third kappa shape index (κ3) is 2.68. The number of carboxylic acid groups (broad SMARTS) is 1. The van der Waals surface area contributed by atoms with Crippen LogP contribution in [0.5, 0.6) is 0 Å². The fraction of sp³-hybridized carbons (Fsp3) is 0.389. The summed E-state index contributed by atoms with van der Waals surface area (Å²) in [6.07, 6.45) is 0.953. The van der Waals surface area contributed by atoms with Crippen LogP contribution in [0.4, 0.5) is 5.69 Å². The number of amides is 1. The fourth-order valence-corrected chi connectivity index (χ4v) is 3.40. The Hall–Kier alpha value is -2.63. The van der Waals surface area contributed by atoms with Crippen LogP contribution in [0.15, 0.2) is 24.3 Å². The number of aryl methyl sites for hydroxylation is 2. The lowest BCUT2D eigenvalue weighted by Crippen LogP contribution is -2.31. The lowest BCUT2D eigenvalue weighted by Gasteiger charge is -2.17. The molecule has 1 aliphatic rings. The minimum Gasteiger partial charge on any atom is -0.481 e. The van der Waals surface area contributed by atoms with Gasteiger partial charge in [-0.25, -0.2) is 0 Å². The van der Waals surface area contributed by atoms with Gasteiger partial charge in [0.2, 0.25) is 5.91 Å². The van der Waals surface area contributed by atoms with E-state index in [4.69, 9.17) is 0 Å². The number of rotatable bonds is 4. The van der Waals surface area contributed by atoms with E-state index in [2.05, 4.69) is 5.10 Å². The van der Waals surface area contributed by atoms with Crippen molar-refractivity contribution in [1.82, 2.24) is 9.78 Å². The van der Waals surface area contributed by atoms with Crippen molar-refractivity contribution in [3.63, 3.8) is 0 Å². The number of fused-ring (bicyclic) bond motifs is 1. The summed E-state index contributed by atoms with van der Waals surface area (Å²) in [7, 11) is 1.89.